The van der Waals surface area contributed by atoms with Crippen molar-refractivity contribution in [1.29, 1.82) is 0 Å². The molecule has 0 radical (unpaired) electrons. The first-order valence-electron chi connectivity index (χ1n) is 8.54. The fourth-order valence-electron chi connectivity index (χ4n) is 2.31. The zero-order valence-corrected chi connectivity index (χ0v) is 15.9. The summed E-state index contributed by atoms with van der Waals surface area (Å²) in [5.41, 5.74) is 6.33. The van der Waals surface area contributed by atoms with Crippen molar-refractivity contribution in [2.75, 3.05) is 18.5 Å². The molecule has 0 aliphatic rings. The molecule has 0 bridgehead atoms. The number of nitro groups is 1. The van der Waals surface area contributed by atoms with Crippen molar-refractivity contribution in [2.24, 2.45) is 0 Å². The summed E-state index contributed by atoms with van der Waals surface area (Å²) in [6, 6.07) is 11.0. The predicted molar refractivity (Wildman–Crippen MR) is 104 cm³/mol. The number of nitrogens with one attached hydrogen (secondary N) is 3. The number of benzene rings is 2. The highest BCUT2D eigenvalue weighted by molar-refractivity contribution is 5.96. The topological polar surface area (TPSA) is 140 Å². The lowest BCUT2D eigenvalue weighted by Crippen LogP contribution is -2.43. The van der Waals surface area contributed by atoms with E-state index in [4.69, 9.17) is 4.74 Å². The number of rotatable bonds is 7. The zero-order valence-electron chi connectivity index (χ0n) is 15.9. The monoisotopic (exact) mass is 400 g/mol. The number of hydrazine groups is 1. The van der Waals surface area contributed by atoms with Gasteiger partial charge in [-0.2, -0.15) is 0 Å². The lowest BCUT2D eigenvalue weighted by Gasteiger charge is -2.09. The highest BCUT2D eigenvalue weighted by Gasteiger charge is 2.14. The molecule has 0 aliphatic carbocycles. The van der Waals surface area contributed by atoms with Gasteiger partial charge in [0.2, 0.25) is 5.91 Å². The molecule has 0 unspecified atom stereocenters. The number of nitrogens with zero attached hydrogens (tertiary/aromatic N) is 1. The van der Waals surface area contributed by atoms with Crippen LogP contribution in [0.15, 0.2) is 42.5 Å². The van der Waals surface area contributed by atoms with E-state index in [1.807, 2.05) is 19.1 Å². The summed E-state index contributed by atoms with van der Waals surface area (Å²) in [4.78, 5) is 45.7. The SMILES string of the molecule is Cc1ccc(NC(=O)COCC(=O)NNC(=O)c2ccc([N+](=O)[O-])c(C)c2)cc1. The summed E-state index contributed by atoms with van der Waals surface area (Å²) in [5, 5.41) is 13.4. The molecule has 0 saturated heterocycles. The van der Waals surface area contributed by atoms with Crippen LogP contribution in [-0.4, -0.2) is 35.9 Å². The van der Waals surface area contributed by atoms with Crippen LogP contribution in [0.5, 0.6) is 0 Å². The second-order valence-corrected chi connectivity index (χ2v) is 6.17. The second kappa shape index (κ2) is 9.95. The Hall–Kier alpha value is -3.79. The van der Waals surface area contributed by atoms with Crippen molar-refractivity contribution in [3.63, 3.8) is 0 Å². The lowest BCUT2D eigenvalue weighted by molar-refractivity contribution is -0.385. The van der Waals surface area contributed by atoms with E-state index in [9.17, 15) is 24.5 Å². The minimum atomic E-state index is -0.667. The van der Waals surface area contributed by atoms with Crippen molar-refractivity contribution in [3.8, 4) is 0 Å². The molecule has 3 N–H and O–H groups in total. The number of hydrogen-bond donors (Lipinski definition) is 3. The average molecular weight is 400 g/mol. The van der Waals surface area contributed by atoms with E-state index in [-0.39, 0.29) is 17.9 Å². The van der Waals surface area contributed by atoms with E-state index in [2.05, 4.69) is 16.2 Å². The molecule has 152 valence electrons. The van der Waals surface area contributed by atoms with Crippen molar-refractivity contribution in [3.05, 3.63) is 69.3 Å². The molecule has 3 amide bonds. The van der Waals surface area contributed by atoms with Gasteiger partial charge in [-0.15, -0.1) is 0 Å². The number of ether oxygens (including phenoxy) is 1. The molecule has 29 heavy (non-hydrogen) atoms. The van der Waals surface area contributed by atoms with E-state index < -0.39 is 29.3 Å². The molecular formula is C19H20N4O6. The minimum Gasteiger partial charge on any atom is -0.362 e. The predicted octanol–water partition coefficient (Wildman–Crippen LogP) is 1.63. The van der Waals surface area contributed by atoms with Crippen LogP contribution in [-0.2, 0) is 14.3 Å². The normalized spacial score (nSPS) is 10.1. The summed E-state index contributed by atoms with van der Waals surface area (Å²) in [6.45, 7) is 2.65. The molecule has 10 nitrogen and oxygen atoms in total. The first kappa shape index (κ1) is 21.5. The zero-order chi connectivity index (χ0) is 21.4. The lowest BCUT2D eigenvalue weighted by atomic mass is 10.1. The maximum atomic E-state index is 12.0. The third-order valence-corrected chi connectivity index (χ3v) is 3.77. The number of anilines is 1. The Bertz CT molecular complexity index is 927. The van der Waals surface area contributed by atoms with E-state index in [1.54, 1.807) is 12.1 Å². The van der Waals surface area contributed by atoms with Gasteiger partial charge in [0.1, 0.15) is 13.2 Å². The van der Waals surface area contributed by atoms with Crippen molar-refractivity contribution in [1.82, 2.24) is 10.9 Å². The largest absolute Gasteiger partial charge is 0.362 e. The molecule has 0 fully saturated rings. The van der Waals surface area contributed by atoms with Crippen LogP contribution in [0.25, 0.3) is 0 Å². The molecule has 0 aromatic heterocycles. The summed E-state index contributed by atoms with van der Waals surface area (Å²) in [6.07, 6.45) is 0. The third-order valence-electron chi connectivity index (χ3n) is 3.77. The van der Waals surface area contributed by atoms with Gasteiger partial charge in [0, 0.05) is 22.9 Å². The van der Waals surface area contributed by atoms with Crippen molar-refractivity contribution in [2.45, 2.75) is 13.8 Å². The average Bonchev–Trinajstić information content (AvgIpc) is 2.67. The molecule has 0 aliphatic heterocycles. The Morgan fingerprint density at radius 3 is 2.24 bits per heavy atom. The van der Waals surface area contributed by atoms with Crippen LogP contribution in [0, 0.1) is 24.0 Å². The van der Waals surface area contributed by atoms with Gasteiger partial charge in [-0.1, -0.05) is 17.7 Å². The minimum absolute atomic E-state index is 0.108. The molecule has 2 rings (SSSR count). The molecule has 2 aromatic carbocycles. The molecule has 10 heteroatoms. The number of hydrogen-bond acceptors (Lipinski definition) is 6. The van der Waals surface area contributed by atoms with Crippen LogP contribution in [0.3, 0.4) is 0 Å². The second-order valence-electron chi connectivity index (χ2n) is 6.17. The Morgan fingerprint density at radius 2 is 1.62 bits per heavy atom. The van der Waals surface area contributed by atoms with E-state index >= 15 is 0 Å². The number of nitro benzene ring substituents is 1. The highest BCUT2D eigenvalue weighted by atomic mass is 16.6. The maximum absolute atomic E-state index is 12.0. The van der Waals surface area contributed by atoms with Gasteiger partial charge < -0.3 is 10.1 Å². The molecule has 0 saturated carbocycles. The van der Waals surface area contributed by atoms with Gasteiger partial charge in [-0.3, -0.25) is 35.3 Å². The summed E-state index contributed by atoms with van der Waals surface area (Å²) < 4.78 is 5.00. The van der Waals surface area contributed by atoms with Gasteiger partial charge in [-0.25, -0.2) is 0 Å². The third kappa shape index (κ3) is 6.70. The molecule has 0 spiro atoms. The van der Waals surface area contributed by atoms with Gasteiger partial charge in [0.05, 0.1) is 4.92 Å². The Balaban J connectivity index is 1.72. The number of aryl methyl sites for hydroxylation is 2. The van der Waals surface area contributed by atoms with Crippen LogP contribution < -0.4 is 16.2 Å². The maximum Gasteiger partial charge on any atom is 0.272 e. The standard InChI is InChI=1S/C19H20N4O6/c1-12-3-6-15(7-4-12)20-17(24)10-29-11-18(25)21-22-19(26)14-5-8-16(23(27)28)13(2)9-14/h3-9H,10-11H2,1-2H3,(H,20,24)(H,21,25)(H,22,26). The van der Waals surface area contributed by atoms with Gasteiger partial charge in [0.25, 0.3) is 17.5 Å². The van der Waals surface area contributed by atoms with Crippen LogP contribution >= 0.6 is 0 Å². The first-order valence-corrected chi connectivity index (χ1v) is 8.54. The fourth-order valence-corrected chi connectivity index (χ4v) is 2.31. The Labute approximate surface area is 166 Å². The molecule has 0 atom stereocenters. The first-order chi connectivity index (χ1) is 13.8. The van der Waals surface area contributed by atoms with E-state index in [1.165, 1.54) is 25.1 Å². The van der Waals surface area contributed by atoms with E-state index in [0.29, 0.717) is 11.3 Å². The highest BCUT2D eigenvalue weighted by Crippen LogP contribution is 2.18. The smallest absolute Gasteiger partial charge is 0.272 e. The van der Waals surface area contributed by atoms with Crippen molar-refractivity contribution >= 4 is 29.1 Å². The summed E-state index contributed by atoms with van der Waals surface area (Å²) >= 11 is 0. The van der Waals surface area contributed by atoms with Crippen LogP contribution in [0.1, 0.15) is 21.5 Å². The van der Waals surface area contributed by atoms with Gasteiger partial charge >= 0.3 is 0 Å². The summed E-state index contributed by atoms with van der Waals surface area (Å²) in [5.74, 6) is -1.74. The van der Waals surface area contributed by atoms with Crippen LogP contribution in [0.4, 0.5) is 11.4 Å². The fraction of sp³-hybridized carbons (Fsp3) is 0.211. The molecular weight excluding hydrogens is 380 g/mol. The molecule has 2 aromatic rings. The number of carbonyl (C=O) groups is 3. The Morgan fingerprint density at radius 1 is 0.966 bits per heavy atom. The van der Waals surface area contributed by atoms with Gasteiger partial charge in [0.15, 0.2) is 0 Å². The van der Waals surface area contributed by atoms with E-state index in [0.717, 1.165) is 5.56 Å². The number of carbonyl (C=O) groups excluding carboxylic acids is 3. The molecule has 0 heterocycles. The van der Waals surface area contributed by atoms with Gasteiger partial charge in [-0.05, 0) is 38.1 Å². The Kier molecular flexibility index (Phi) is 7.38. The van der Waals surface area contributed by atoms with Crippen molar-refractivity contribution < 1.29 is 24.0 Å². The quantitative estimate of drug-likeness (QED) is 0.477. The number of amides is 3. The van der Waals surface area contributed by atoms with Crippen LogP contribution in [0.2, 0.25) is 0 Å². The summed E-state index contributed by atoms with van der Waals surface area (Å²) in [7, 11) is 0.